The number of aryl methyl sites for hydroxylation is 2. The lowest BCUT2D eigenvalue weighted by molar-refractivity contribution is 0.102. The first-order valence-corrected chi connectivity index (χ1v) is 13.7. The SMILES string of the molecule is CCOc1ccc(-c2cn(C)c3cc(NC(=O)c4ccc(C)c(Nc5cc(-c6cccnc6)ccn5)c4)ccc23)cn1. The summed E-state index contributed by atoms with van der Waals surface area (Å²) in [6, 6.07) is 23.3. The Labute approximate surface area is 244 Å². The first-order valence-electron chi connectivity index (χ1n) is 13.7. The van der Waals surface area contributed by atoms with E-state index in [2.05, 4.69) is 36.3 Å². The third-order valence-electron chi connectivity index (χ3n) is 7.11. The molecular formula is C34H30N6O2. The molecular weight excluding hydrogens is 524 g/mol. The fourth-order valence-corrected chi connectivity index (χ4v) is 4.92. The monoisotopic (exact) mass is 554 g/mol. The molecule has 8 heteroatoms. The Morgan fingerprint density at radius 1 is 0.905 bits per heavy atom. The Morgan fingerprint density at radius 2 is 1.81 bits per heavy atom. The van der Waals surface area contributed by atoms with Crippen LogP contribution in [0.2, 0.25) is 0 Å². The summed E-state index contributed by atoms with van der Waals surface area (Å²) in [4.78, 5) is 26.4. The van der Waals surface area contributed by atoms with Crippen molar-refractivity contribution in [2.45, 2.75) is 13.8 Å². The number of ether oxygens (including phenoxy) is 1. The van der Waals surface area contributed by atoms with E-state index >= 15 is 0 Å². The van der Waals surface area contributed by atoms with E-state index < -0.39 is 0 Å². The zero-order valence-electron chi connectivity index (χ0n) is 23.6. The van der Waals surface area contributed by atoms with Gasteiger partial charge in [-0.1, -0.05) is 18.2 Å². The summed E-state index contributed by atoms with van der Waals surface area (Å²) in [5.74, 6) is 1.10. The first kappa shape index (κ1) is 26.7. The number of nitrogens with one attached hydrogen (secondary N) is 2. The molecule has 1 amide bonds. The molecule has 0 spiro atoms. The van der Waals surface area contributed by atoms with Crippen molar-refractivity contribution in [1.29, 1.82) is 0 Å². The van der Waals surface area contributed by atoms with E-state index in [9.17, 15) is 4.79 Å². The number of fused-ring (bicyclic) bond motifs is 1. The van der Waals surface area contributed by atoms with E-state index in [0.717, 1.165) is 44.4 Å². The Morgan fingerprint density at radius 3 is 2.60 bits per heavy atom. The molecule has 4 heterocycles. The molecule has 2 aromatic carbocycles. The molecule has 42 heavy (non-hydrogen) atoms. The van der Waals surface area contributed by atoms with Gasteiger partial charge in [0.15, 0.2) is 0 Å². The zero-order valence-corrected chi connectivity index (χ0v) is 23.6. The van der Waals surface area contributed by atoms with Gasteiger partial charge in [0.2, 0.25) is 5.88 Å². The molecule has 8 nitrogen and oxygen atoms in total. The molecule has 0 aliphatic heterocycles. The number of rotatable bonds is 8. The van der Waals surface area contributed by atoms with Gasteiger partial charge in [-0.15, -0.1) is 0 Å². The van der Waals surface area contributed by atoms with Gasteiger partial charge in [0.25, 0.3) is 5.91 Å². The lowest BCUT2D eigenvalue weighted by Crippen LogP contribution is -2.12. The van der Waals surface area contributed by atoms with Crippen molar-refractivity contribution in [3.8, 4) is 28.1 Å². The van der Waals surface area contributed by atoms with E-state index in [1.807, 2.05) is 106 Å². The van der Waals surface area contributed by atoms with Gasteiger partial charge in [-0.2, -0.15) is 0 Å². The summed E-state index contributed by atoms with van der Waals surface area (Å²) < 4.78 is 7.53. The highest BCUT2D eigenvalue weighted by Crippen LogP contribution is 2.32. The minimum absolute atomic E-state index is 0.195. The number of amides is 1. The highest BCUT2D eigenvalue weighted by Gasteiger charge is 2.13. The fourth-order valence-electron chi connectivity index (χ4n) is 4.92. The molecule has 2 N–H and O–H groups in total. The van der Waals surface area contributed by atoms with Crippen molar-refractivity contribution >= 4 is 34.0 Å². The standard InChI is InChI=1S/C34H30N6O2/c1-4-42-33-12-9-26(20-37-33)29-21-40(3)31-18-27(10-11-28(29)31)38-34(41)24-8-7-22(2)30(16-24)39-32-17-23(13-15-36-32)25-6-5-14-35-19-25/h5-21H,4H2,1-3H3,(H,36,39)(H,38,41). The van der Waals surface area contributed by atoms with Crippen molar-refractivity contribution in [2.75, 3.05) is 17.2 Å². The van der Waals surface area contributed by atoms with Gasteiger partial charge in [-0.05, 0) is 73.5 Å². The summed E-state index contributed by atoms with van der Waals surface area (Å²) in [7, 11) is 1.99. The molecule has 0 atom stereocenters. The molecule has 0 radical (unpaired) electrons. The molecule has 0 aliphatic rings. The maximum atomic E-state index is 13.3. The van der Waals surface area contributed by atoms with Gasteiger partial charge in [-0.25, -0.2) is 9.97 Å². The van der Waals surface area contributed by atoms with Crippen LogP contribution in [0.25, 0.3) is 33.2 Å². The third-order valence-corrected chi connectivity index (χ3v) is 7.11. The van der Waals surface area contributed by atoms with Gasteiger partial charge >= 0.3 is 0 Å². The maximum absolute atomic E-state index is 13.3. The van der Waals surface area contributed by atoms with E-state index in [4.69, 9.17) is 4.74 Å². The number of carbonyl (C=O) groups excluding carboxylic acids is 1. The normalized spacial score (nSPS) is 10.9. The Hall–Kier alpha value is -5.50. The van der Waals surface area contributed by atoms with Crippen LogP contribution < -0.4 is 15.4 Å². The lowest BCUT2D eigenvalue weighted by Gasteiger charge is -2.12. The van der Waals surface area contributed by atoms with Crippen molar-refractivity contribution in [2.24, 2.45) is 7.05 Å². The molecule has 6 aromatic rings. The lowest BCUT2D eigenvalue weighted by atomic mass is 10.1. The van der Waals surface area contributed by atoms with Gasteiger partial charge in [0, 0.05) is 83.1 Å². The quantitative estimate of drug-likeness (QED) is 0.204. The molecule has 0 bridgehead atoms. The summed E-state index contributed by atoms with van der Waals surface area (Å²) in [6.07, 6.45) is 9.22. The topological polar surface area (TPSA) is 94.0 Å². The van der Waals surface area contributed by atoms with Crippen LogP contribution >= 0.6 is 0 Å². The van der Waals surface area contributed by atoms with E-state index in [1.165, 1.54) is 0 Å². The third kappa shape index (κ3) is 5.55. The maximum Gasteiger partial charge on any atom is 0.255 e. The van der Waals surface area contributed by atoms with Gasteiger partial charge in [0.05, 0.1) is 12.1 Å². The molecule has 0 aliphatic carbocycles. The second-order valence-electron chi connectivity index (χ2n) is 9.98. The number of benzene rings is 2. The Kier molecular flexibility index (Phi) is 7.34. The molecule has 0 saturated heterocycles. The van der Waals surface area contributed by atoms with Gasteiger partial charge in [-0.3, -0.25) is 9.78 Å². The molecule has 4 aromatic heterocycles. The predicted octanol–water partition coefficient (Wildman–Crippen LogP) is 7.40. The van der Waals surface area contributed by atoms with Crippen molar-refractivity contribution < 1.29 is 9.53 Å². The molecule has 0 saturated carbocycles. The van der Waals surface area contributed by atoms with Gasteiger partial charge < -0.3 is 19.9 Å². The second-order valence-corrected chi connectivity index (χ2v) is 9.98. The van der Waals surface area contributed by atoms with Gasteiger partial charge in [0.1, 0.15) is 5.82 Å². The number of hydrogen-bond donors (Lipinski definition) is 2. The van der Waals surface area contributed by atoms with Crippen LogP contribution in [-0.4, -0.2) is 32.0 Å². The summed E-state index contributed by atoms with van der Waals surface area (Å²) >= 11 is 0. The van der Waals surface area contributed by atoms with Crippen LogP contribution in [0.1, 0.15) is 22.8 Å². The number of anilines is 3. The van der Waals surface area contributed by atoms with Crippen LogP contribution in [0.15, 0.2) is 104 Å². The van der Waals surface area contributed by atoms with Crippen molar-refractivity contribution in [3.05, 3.63) is 115 Å². The number of carbonyl (C=O) groups is 1. The average Bonchev–Trinajstić information content (AvgIpc) is 3.35. The smallest absolute Gasteiger partial charge is 0.255 e. The highest BCUT2D eigenvalue weighted by molar-refractivity contribution is 6.06. The Bertz CT molecular complexity index is 1880. The second kappa shape index (κ2) is 11.5. The summed E-state index contributed by atoms with van der Waals surface area (Å²) in [6.45, 7) is 4.51. The molecule has 0 fully saturated rings. The van der Waals surface area contributed by atoms with E-state index in [-0.39, 0.29) is 5.91 Å². The van der Waals surface area contributed by atoms with Crippen molar-refractivity contribution in [1.82, 2.24) is 19.5 Å². The Balaban J connectivity index is 1.21. The number of nitrogens with zero attached hydrogens (tertiary/aromatic N) is 4. The van der Waals surface area contributed by atoms with E-state index in [0.29, 0.717) is 29.6 Å². The van der Waals surface area contributed by atoms with Crippen LogP contribution in [0.5, 0.6) is 5.88 Å². The molecule has 6 rings (SSSR count). The highest BCUT2D eigenvalue weighted by atomic mass is 16.5. The van der Waals surface area contributed by atoms with Crippen LogP contribution in [0.4, 0.5) is 17.2 Å². The fraction of sp³-hybridized carbons (Fsp3) is 0.118. The van der Waals surface area contributed by atoms with Crippen LogP contribution in [0, 0.1) is 6.92 Å². The number of hydrogen-bond acceptors (Lipinski definition) is 6. The number of pyridine rings is 3. The average molecular weight is 555 g/mol. The van der Waals surface area contributed by atoms with E-state index in [1.54, 1.807) is 12.4 Å². The van der Waals surface area contributed by atoms with Crippen LogP contribution in [-0.2, 0) is 7.05 Å². The zero-order chi connectivity index (χ0) is 29.1. The summed E-state index contributed by atoms with van der Waals surface area (Å²) in [5, 5.41) is 7.51. The summed E-state index contributed by atoms with van der Waals surface area (Å²) in [5.41, 5.74) is 8.15. The minimum atomic E-state index is -0.195. The first-order chi connectivity index (χ1) is 20.5. The largest absolute Gasteiger partial charge is 0.478 e. The molecule has 0 unspecified atom stereocenters. The molecule has 208 valence electrons. The van der Waals surface area contributed by atoms with Crippen molar-refractivity contribution in [3.63, 3.8) is 0 Å². The minimum Gasteiger partial charge on any atom is -0.478 e. The predicted molar refractivity (Wildman–Crippen MR) is 167 cm³/mol. The number of aromatic nitrogens is 4. The van der Waals surface area contributed by atoms with Crippen LogP contribution in [0.3, 0.4) is 0 Å².